The van der Waals surface area contributed by atoms with Crippen LogP contribution in [0.25, 0.3) is 0 Å². The normalized spacial score (nSPS) is 23.7. The lowest BCUT2D eigenvalue weighted by molar-refractivity contribution is 0.286. The fourth-order valence-electron chi connectivity index (χ4n) is 2.12. The number of hydrogen-bond donors (Lipinski definition) is 0. The lowest BCUT2D eigenvalue weighted by Crippen LogP contribution is -2.27. The molecule has 0 bridgehead atoms. The Hall–Kier alpha value is -0.460. The van der Waals surface area contributed by atoms with Crippen molar-refractivity contribution in [2.45, 2.75) is 53.0 Å². The Bertz CT molecular complexity index is 188. The first-order chi connectivity index (χ1) is 5.90. The predicted molar refractivity (Wildman–Crippen MR) is 58.6 cm³/mol. The Morgan fingerprint density at radius 1 is 1.46 bits per heavy atom. The Labute approximate surface area is 82.8 Å². The van der Waals surface area contributed by atoms with E-state index >= 15 is 0 Å². The number of allylic oxidation sites excluding steroid dienone is 1. The summed E-state index contributed by atoms with van der Waals surface area (Å²) in [6, 6.07) is 0.717. The van der Waals surface area contributed by atoms with E-state index in [0.29, 0.717) is 5.41 Å². The minimum atomic E-state index is 0.374. The number of hydrogen-bond acceptors (Lipinski definition) is 1. The highest BCUT2D eigenvalue weighted by Crippen LogP contribution is 2.29. The van der Waals surface area contributed by atoms with E-state index in [9.17, 15) is 0 Å². The van der Waals surface area contributed by atoms with Crippen LogP contribution in [0.2, 0.25) is 0 Å². The predicted octanol–water partition coefficient (Wildman–Crippen LogP) is 3.42. The van der Waals surface area contributed by atoms with Crippen LogP contribution in [0.3, 0.4) is 0 Å². The van der Waals surface area contributed by atoms with Gasteiger partial charge in [0.2, 0.25) is 0 Å². The van der Waals surface area contributed by atoms with Gasteiger partial charge in [0, 0.05) is 18.3 Å². The molecule has 0 saturated carbocycles. The average molecular weight is 181 g/mol. The highest BCUT2D eigenvalue weighted by atomic mass is 15.2. The molecule has 0 amide bonds. The van der Waals surface area contributed by atoms with E-state index in [1.54, 1.807) is 0 Å². The van der Waals surface area contributed by atoms with Gasteiger partial charge in [-0.2, -0.15) is 0 Å². The second-order valence-corrected chi connectivity index (χ2v) is 5.49. The first kappa shape index (κ1) is 10.6. The first-order valence-corrected chi connectivity index (χ1v) is 5.34. The van der Waals surface area contributed by atoms with Gasteiger partial charge in [-0.1, -0.05) is 27.4 Å². The van der Waals surface area contributed by atoms with Crippen LogP contribution in [0.4, 0.5) is 0 Å². The molecule has 1 aliphatic rings. The molecule has 0 aromatic rings. The molecule has 1 fully saturated rings. The summed E-state index contributed by atoms with van der Waals surface area (Å²) in [5.41, 5.74) is 1.71. The van der Waals surface area contributed by atoms with Crippen LogP contribution in [0, 0.1) is 5.41 Å². The van der Waals surface area contributed by atoms with Crippen molar-refractivity contribution in [3.63, 3.8) is 0 Å². The summed E-state index contributed by atoms with van der Waals surface area (Å²) in [5.74, 6) is 0. The molecule has 76 valence electrons. The van der Waals surface area contributed by atoms with Gasteiger partial charge in [0.1, 0.15) is 0 Å². The van der Waals surface area contributed by atoms with Gasteiger partial charge in [0.05, 0.1) is 0 Å². The van der Waals surface area contributed by atoms with Crippen LogP contribution in [0.15, 0.2) is 12.3 Å². The van der Waals surface area contributed by atoms with Crippen LogP contribution in [0.5, 0.6) is 0 Å². The third kappa shape index (κ3) is 3.06. The molecule has 1 atom stereocenters. The standard InChI is InChI=1S/C12H23N/c1-10-7-6-8-13(10)11(2)9-12(3,4)5/h10H,2,6-9H2,1,3-5H3. The summed E-state index contributed by atoms with van der Waals surface area (Å²) in [6.07, 6.45) is 3.80. The molecule has 1 unspecified atom stereocenters. The minimum absolute atomic E-state index is 0.374. The number of nitrogens with zero attached hydrogens (tertiary/aromatic N) is 1. The van der Waals surface area contributed by atoms with Crippen molar-refractivity contribution >= 4 is 0 Å². The molecule has 0 aliphatic carbocycles. The molecule has 1 heteroatoms. The zero-order valence-corrected chi connectivity index (χ0v) is 9.56. The molecule has 1 saturated heterocycles. The fourth-order valence-corrected chi connectivity index (χ4v) is 2.12. The van der Waals surface area contributed by atoms with Crippen molar-refractivity contribution in [3.05, 3.63) is 12.3 Å². The van der Waals surface area contributed by atoms with Crippen molar-refractivity contribution in [3.8, 4) is 0 Å². The third-order valence-corrected chi connectivity index (χ3v) is 2.69. The van der Waals surface area contributed by atoms with Crippen LogP contribution in [-0.2, 0) is 0 Å². The Balaban J connectivity index is 2.48. The van der Waals surface area contributed by atoms with E-state index in [0.717, 1.165) is 12.5 Å². The van der Waals surface area contributed by atoms with E-state index in [1.807, 2.05) is 0 Å². The summed E-state index contributed by atoms with van der Waals surface area (Å²) in [7, 11) is 0. The maximum Gasteiger partial charge on any atom is 0.0259 e. The molecule has 0 aromatic heterocycles. The molecular weight excluding hydrogens is 158 g/mol. The van der Waals surface area contributed by atoms with E-state index in [-0.39, 0.29) is 0 Å². The highest BCUT2D eigenvalue weighted by molar-refractivity contribution is 5.01. The number of likely N-dealkylation sites (tertiary alicyclic amines) is 1. The molecule has 1 nitrogen and oxygen atoms in total. The molecule has 0 radical (unpaired) electrons. The molecule has 0 spiro atoms. The van der Waals surface area contributed by atoms with Gasteiger partial charge in [0.25, 0.3) is 0 Å². The molecular formula is C12H23N. The summed E-state index contributed by atoms with van der Waals surface area (Å²) in [6.45, 7) is 14.6. The SMILES string of the molecule is C=C(CC(C)(C)C)N1CCCC1C. The Kier molecular flexibility index (Phi) is 3.05. The highest BCUT2D eigenvalue weighted by Gasteiger charge is 2.23. The van der Waals surface area contributed by atoms with Gasteiger partial charge in [-0.15, -0.1) is 0 Å². The maximum absolute atomic E-state index is 4.20. The Morgan fingerprint density at radius 3 is 2.46 bits per heavy atom. The smallest absolute Gasteiger partial charge is 0.0259 e. The van der Waals surface area contributed by atoms with Gasteiger partial charge < -0.3 is 4.90 Å². The molecule has 1 aliphatic heterocycles. The van der Waals surface area contributed by atoms with E-state index < -0.39 is 0 Å². The maximum atomic E-state index is 4.20. The van der Waals surface area contributed by atoms with Crippen molar-refractivity contribution in [1.82, 2.24) is 4.90 Å². The van der Waals surface area contributed by atoms with Crippen molar-refractivity contribution < 1.29 is 0 Å². The zero-order chi connectivity index (χ0) is 10.1. The summed E-state index contributed by atoms with van der Waals surface area (Å²) < 4.78 is 0. The molecule has 0 aromatic carbocycles. The third-order valence-electron chi connectivity index (χ3n) is 2.69. The van der Waals surface area contributed by atoms with Gasteiger partial charge in [-0.3, -0.25) is 0 Å². The molecule has 1 rings (SSSR count). The summed E-state index contributed by atoms with van der Waals surface area (Å²) >= 11 is 0. The van der Waals surface area contributed by atoms with Gasteiger partial charge in [-0.25, -0.2) is 0 Å². The lowest BCUT2D eigenvalue weighted by Gasteiger charge is -2.30. The molecule has 13 heavy (non-hydrogen) atoms. The molecule has 0 N–H and O–H groups in total. The minimum Gasteiger partial charge on any atom is -0.373 e. The second kappa shape index (κ2) is 3.73. The quantitative estimate of drug-likeness (QED) is 0.631. The average Bonchev–Trinajstić information content (AvgIpc) is 2.30. The van der Waals surface area contributed by atoms with Crippen LogP contribution in [0.1, 0.15) is 47.0 Å². The fraction of sp³-hybridized carbons (Fsp3) is 0.833. The van der Waals surface area contributed by atoms with Crippen molar-refractivity contribution in [2.24, 2.45) is 5.41 Å². The van der Waals surface area contributed by atoms with Crippen molar-refractivity contribution in [2.75, 3.05) is 6.54 Å². The lowest BCUT2D eigenvalue weighted by atomic mass is 9.90. The summed E-state index contributed by atoms with van der Waals surface area (Å²) in [4.78, 5) is 2.48. The number of rotatable bonds is 2. The van der Waals surface area contributed by atoms with E-state index in [1.165, 1.54) is 25.1 Å². The van der Waals surface area contributed by atoms with E-state index in [2.05, 4.69) is 39.2 Å². The molecule has 1 heterocycles. The van der Waals surface area contributed by atoms with E-state index in [4.69, 9.17) is 0 Å². The van der Waals surface area contributed by atoms with Crippen LogP contribution >= 0.6 is 0 Å². The second-order valence-electron chi connectivity index (χ2n) is 5.49. The monoisotopic (exact) mass is 181 g/mol. The zero-order valence-electron chi connectivity index (χ0n) is 9.56. The van der Waals surface area contributed by atoms with Crippen LogP contribution in [-0.4, -0.2) is 17.5 Å². The van der Waals surface area contributed by atoms with Crippen LogP contribution < -0.4 is 0 Å². The van der Waals surface area contributed by atoms with Gasteiger partial charge in [0.15, 0.2) is 0 Å². The van der Waals surface area contributed by atoms with Gasteiger partial charge >= 0.3 is 0 Å². The van der Waals surface area contributed by atoms with Gasteiger partial charge in [-0.05, 0) is 31.6 Å². The topological polar surface area (TPSA) is 3.24 Å². The Morgan fingerprint density at radius 2 is 2.08 bits per heavy atom. The first-order valence-electron chi connectivity index (χ1n) is 5.34. The largest absolute Gasteiger partial charge is 0.373 e. The summed E-state index contributed by atoms with van der Waals surface area (Å²) in [5, 5.41) is 0. The van der Waals surface area contributed by atoms with Crippen molar-refractivity contribution in [1.29, 1.82) is 0 Å².